The third-order valence-corrected chi connectivity index (χ3v) is 5.48. The van der Waals surface area contributed by atoms with Crippen LogP contribution in [0, 0.1) is 3.77 Å². The Balaban J connectivity index is 1.52. The van der Waals surface area contributed by atoms with Gasteiger partial charge in [-0.1, -0.05) is 12.8 Å². The molecule has 106 valence electrons. The lowest BCUT2D eigenvalue weighted by molar-refractivity contribution is 0.493. The van der Waals surface area contributed by atoms with Gasteiger partial charge in [0.2, 0.25) is 0 Å². The number of hydrogen-bond donors (Lipinski definition) is 1. The summed E-state index contributed by atoms with van der Waals surface area (Å²) in [4.78, 5) is 1.38. The summed E-state index contributed by atoms with van der Waals surface area (Å²) in [5.74, 6) is 0.971. The van der Waals surface area contributed by atoms with E-state index in [2.05, 4.69) is 52.2 Å². The molecule has 3 rings (SSSR count). The van der Waals surface area contributed by atoms with Gasteiger partial charge in [-0.15, -0.1) is 11.8 Å². The molecule has 0 aliphatic heterocycles. The molecule has 0 saturated heterocycles. The van der Waals surface area contributed by atoms with E-state index in [0.717, 1.165) is 27.0 Å². The minimum absolute atomic E-state index is 0.734. The highest BCUT2D eigenvalue weighted by Gasteiger charge is 2.15. The maximum atomic E-state index is 5.54. The maximum Gasteiger partial charge on any atom is 0.164 e. The van der Waals surface area contributed by atoms with Crippen LogP contribution in [-0.2, 0) is 6.54 Å². The third kappa shape index (κ3) is 3.95. The minimum atomic E-state index is 0.734. The van der Waals surface area contributed by atoms with Gasteiger partial charge in [0, 0.05) is 15.8 Å². The normalized spacial score (nSPS) is 15.7. The molecule has 1 saturated carbocycles. The number of anilines is 1. The van der Waals surface area contributed by atoms with E-state index >= 15 is 0 Å². The van der Waals surface area contributed by atoms with Crippen molar-refractivity contribution >= 4 is 40.0 Å². The van der Waals surface area contributed by atoms with Crippen molar-refractivity contribution in [2.75, 3.05) is 5.32 Å². The molecule has 1 aliphatic carbocycles. The number of hydrogen-bond acceptors (Lipinski definition) is 3. The number of halogens is 1. The van der Waals surface area contributed by atoms with E-state index in [1.807, 2.05) is 23.9 Å². The Bertz CT molecular complexity index is 546. The van der Waals surface area contributed by atoms with Gasteiger partial charge in [-0.25, -0.2) is 0 Å². The molecule has 2 nitrogen and oxygen atoms in total. The van der Waals surface area contributed by atoms with Crippen LogP contribution in [0.3, 0.4) is 0 Å². The van der Waals surface area contributed by atoms with E-state index in [1.54, 1.807) is 0 Å². The van der Waals surface area contributed by atoms with E-state index in [1.165, 1.54) is 30.6 Å². The van der Waals surface area contributed by atoms with Crippen molar-refractivity contribution in [1.29, 1.82) is 0 Å². The first-order valence-corrected chi connectivity index (χ1v) is 9.00. The summed E-state index contributed by atoms with van der Waals surface area (Å²) < 4.78 is 6.47. The van der Waals surface area contributed by atoms with Crippen LogP contribution in [0.15, 0.2) is 45.7 Å². The van der Waals surface area contributed by atoms with Crippen LogP contribution in [-0.4, -0.2) is 5.25 Å². The van der Waals surface area contributed by atoms with Gasteiger partial charge in [-0.2, -0.15) is 0 Å². The summed E-state index contributed by atoms with van der Waals surface area (Å²) in [5.41, 5.74) is 1.15. The highest BCUT2D eigenvalue weighted by molar-refractivity contribution is 14.1. The van der Waals surface area contributed by atoms with Gasteiger partial charge in [0.25, 0.3) is 0 Å². The Kier molecular flexibility index (Phi) is 4.94. The van der Waals surface area contributed by atoms with Crippen molar-refractivity contribution < 1.29 is 4.42 Å². The highest BCUT2D eigenvalue weighted by Crippen LogP contribution is 2.34. The molecule has 1 aliphatic rings. The molecule has 1 heterocycles. The topological polar surface area (TPSA) is 25.2 Å². The maximum absolute atomic E-state index is 5.54. The summed E-state index contributed by atoms with van der Waals surface area (Å²) in [6.45, 7) is 0.734. The molecule has 0 bridgehead atoms. The lowest BCUT2D eigenvalue weighted by Gasteiger charge is -2.10. The zero-order valence-electron chi connectivity index (χ0n) is 11.3. The molecular weight excluding hydrogens is 381 g/mol. The monoisotopic (exact) mass is 399 g/mol. The van der Waals surface area contributed by atoms with Gasteiger partial charge in [0.1, 0.15) is 5.76 Å². The van der Waals surface area contributed by atoms with Crippen LogP contribution in [0.5, 0.6) is 0 Å². The van der Waals surface area contributed by atoms with Crippen molar-refractivity contribution in [3.05, 3.63) is 45.9 Å². The number of benzene rings is 1. The summed E-state index contributed by atoms with van der Waals surface area (Å²) in [6.07, 6.45) is 5.56. The van der Waals surface area contributed by atoms with Crippen molar-refractivity contribution in [2.24, 2.45) is 0 Å². The highest BCUT2D eigenvalue weighted by atomic mass is 127. The largest absolute Gasteiger partial charge is 0.454 e. The van der Waals surface area contributed by atoms with Gasteiger partial charge < -0.3 is 9.73 Å². The van der Waals surface area contributed by atoms with Gasteiger partial charge >= 0.3 is 0 Å². The Morgan fingerprint density at radius 2 is 1.85 bits per heavy atom. The predicted molar refractivity (Wildman–Crippen MR) is 93.3 cm³/mol. The number of thioether (sulfide) groups is 1. The molecule has 2 aromatic rings. The lowest BCUT2D eigenvalue weighted by Crippen LogP contribution is -1.98. The molecule has 1 fully saturated rings. The van der Waals surface area contributed by atoms with Crippen molar-refractivity contribution in [1.82, 2.24) is 0 Å². The summed E-state index contributed by atoms with van der Waals surface area (Å²) in [7, 11) is 0. The standard InChI is InChI=1S/C16H18INOS/c17-16-10-7-13(19-16)11-18-12-5-8-15(9-6-12)20-14-3-1-2-4-14/h5-10,14,18H,1-4,11H2. The van der Waals surface area contributed by atoms with Gasteiger partial charge in [0.15, 0.2) is 3.77 Å². The first kappa shape index (κ1) is 14.3. The van der Waals surface area contributed by atoms with E-state index in [-0.39, 0.29) is 0 Å². The Morgan fingerprint density at radius 1 is 1.10 bits per heavy atom. The quantitative estimate of drug-likeness (QED) is 0.670. The van der Waals surface area contributed by atoms with Gasteiger partial charge in [-0.05, 0) is 71.8 Å². The van der Waals surface area contributed by atoms with E-state index in [9.17, 15) is 0 Å². The van der Waals surface area contributed by atoms with Crippen LogP contribution >= 0.6 is 34.4 Å². The molecular formula is C16H18INOS. The SMILES string of the molecule is Ic1ccc(CNc2ccc(SC3CCCC3)cc2)o1. The van der Waals surface area contributed by atoms with E-state index < -0.39 is 0 Å². The first-order chi connectivity index (χ1) is 9.79. The minimum Gasteiger partial charge on any atom is -0.454 e. The fraction of sp³-hybridized carbons (Fsp3) is 0.375. The zero-order valence-corrected chi connectivity index (χ0v) is 14.2. The van der Waals surface area contributed by atoms with E-state index in [4.69, 9.17) is 4.42 Å². The van der Waals surface area contributed by atoms with Crippen molar-refractivity contribution in [3.63, 3.8) is 0 Å². The number of rotatable bonds is 5. The van der Waals surface area contributed by atoms with Crippen LogP contribution < -0.4 is 5.32 Å². The number of furan rings is 1. The molecule has 0 spiro atoms. The van der Waals surface area contributed by atoms with Gasteiger partial charge in [-0.3, -0.25) is 0 Å². The third-order valence-electron chi connectivity index (χ3n) is 3.55. The smallest absolute Gasteiger partial charge is 0.164 e. The van der Waals surface area contributed by atoms with Crippen molar-refractivity contribution in [2.45, 2.75) is 42.4 Å². The van der Waals surface area contributed by atoms with Crippen LogP contribution in [0.1, 0.15) is 31.4 Å². The second-order valence-electron chi connectivity index (χ2n) is 5.11. The summed E-state index contributed by atoms with van der Waals surface area (Å²) in [5, 5.41) is 4.22. The average Bonchev–Trinajstić information content (AvgIpc) is 3.10. The molecule has 4 heteroatoms. The molecule has 0 amide bonds. The van der Waals surface area contributed by atoms with Crippen molar-refractivity contribution in [3.8, 4) is 0 Å². The molecule has 1 aromatic heterocycles. The Hall–Kier alpha value is -0.620. The molecule has 0 atom stereocenters. The molecule has 20 heavy (non-hydrogen) atoms. The second-order valence-corrected chi connectivity index (χ2v) is 7.55. The van der Waals surface area contributed by atoms with Crippen LogP contribution in [0.25, 0.3) is 0 Å². The Morgan fingerprint density at radius 3 is 2.50 bits per heavy atom. The second kappa shape index (κ2) is 6.89. The Labute approximate surface area is 137 Å². The van der Waals surface area contributed by atoms with Crippen LogP contribution in [0.4, 0.5) is 5.69 Å². The zero-order chi connectivity index (χ0) is 13.8. The van der Waals surface area contributed by atoms with Crippen LogP contribution in [0.2, 0.25) is 0 Å². The molecule has 1 N–H and O–H groups in total. The molecule has 1 aromatic carbocycles. The van der Waals surface area contributed by atoms with Gasteiger partial charge in [0.05, 0.1) is 6.54 Å². The fourth-order valence-corrected chi connectivity index (χ4v) is 4.20. The molecule has 0 unspecified atom stereocenters. The van der Waals surface area contributed by atoms with E-state index in [0.29, 0.717) is 0 Å². The summed E-state index contributed by atoms with van der Waals surface area (Å²) >= 11 is 4.22. The number of nitrogens with one attached hydrogen (secondary N) is 1. The first-order valence-electron chi connectivity index (χ1n) is 7.04. The predicted octanol–water partition coefficient (Wildman–Crippen LogP) is 5.53. The average molecular weight is 399 g/mol. The lowest BCUT2D eigenvalue weighted by atomic mass is 10.3. The fourth-order valence-electron chi connectivity index (χ4n) is 2.49. The molecule has 0 radical (unpaired) electrons. The summed E-state index contributed by atoms with van der Waals surface area (Å²) in [6, 6.07) is 12.8.